The fourth-order valence-electron chi connectivity index (χ4n) is 2.54. The topological polar surface area (TPSA) is 52.7 Å². The third kappa shape index (κ3) is 8.50. The Balaban J connectivity index is 2.55. The van der Waals surface area contributed by atoms with Crippen LogP contribution in [0.2, 0.25) is 0 Å². The van der Waals surface area contributed by atoms with Gasteiger partial charge in [-0.2, -0.15) is 0 Å². The summed E-state index contributed by atoms with van der Waals surface area (Å²) in [5, 5.41) is 2.86. The molecule has 0 atom stereocenters. The second kappa shape index (κ2) is 10.6. The fraction of sp³-hybridized carbons (Fsp3) is 0.579. The highest BCUT2D eigenvalue weighted by Gasteiger charge is 2.19. The smallest absolute Gasteiger partial charge is 0.238 e. The van der Waals surface area contributed by atoms with Gasteiger partial charge in [0, 0.05) is 17.6 Å². The number of amides is 2. The van der Waals surface area contributed by atoms with E-state index < -0.39 is 0 Å². The van der Waals surface area contributed by atoms with Crippen LogP contribution in [0.5, 0.6) is 0 Å². The van der Waals surface area contributed by atoms with Crippen molar-refractivity contribution < 1.29 is 9.59 Å². The van der Waals surface area contributed by atoms with Gasteiger partial charge in [-0.3, -0.25) is 14.5 Å². The molecular weight excluding hydrogens is 382 g/mol. The summed E-state index contributed by atoms with van der Waals surface area (Å²) in [6.07, 6.45) is 0. The Morgan fingerprint density at radius 1 is 1.04 bits per heavy atom. The van der Waals surface area contributed by atoms with Gasteiger partial charge in [0.2, 0.25) is 11.8 Å². The molecule has 1 aromatic carbocycles. The predicted molar refractivity (Wildman–Crippen MR) is 107 cm³/mol. The number of nitrogens with zero attached hydrogens (tertiary/aromatic N) is 2. The number of carbonyl (C=O) groups excluding carboxylic acids is 2. The molecule has 0 aliphatic heterocycles. The maximum Gasteiger partial charge on any atom is 0.238 e. The van der Waals surface area contributed by atoms with Crippen molar-refractivity contribution in [3.63, 3.8) is 0 Å². The number of hydrogen-bond acceptors (Lipinski definition) is 3. The van der Waals surface area contributed by atoms with E-state index in [1.54, 1.807) is 11.9 Å². The normalized spacial score (nSPS) is 11.2. The summed E-state index contributed by atoms with van der Waals surface area (Å²) in [7, 11) is 1.79. The molecule has 1 aromatic rings. The van der Waals surface area contributed by atoms with Gasteiger partial charge >= 0.3 is 0 Å². The van der Waals surface area contributed by atoms with Crippen molar-refractivity contribution in [3.8, 4) is 0 Å². The first-order valence-corrected chi connectivity index (χ1v) is 9.49. The number of hydrogen-bond donors (Lipinski definition) is 1. The number of nitrogens with one attached hydrogen (secondary N) is 1. The van der Waals surface area contributed by atoms with Crippen LogP contribution in [-0.2, 0) is 9.59 Å². The van der Waals surface area contributed by atoms with Gasteiger partial charge in [0.1, 0.15) is 0 Å². The molecule has 0 unspecified atom stereocenters. The molecule has 0 spiro atoms. The van der Waals surface area contributed by atoms with E-state index in [-0.39, 0.29) is 24.9 Å². The monoisotopic (exact) mass is 411 g/mol. The number of anilines is 1. The Hall–Kier alpha value is -1.40. The lowest BCUT2D eigenvalue weighted by Gasteiger charge is -2.28. The molecule has 140 valence electrons. The highest BCUT2D eigenvalue weighted by Crippen LogP contribution is 2.20. The van der Waals surface area contributed by atoms with Crippen LogP contribution in [0.15, 0.2) is 28.7 Å². The number of likely N-dealkylation sites (N-methyl/N-ethyl adjacent to an activating group) is 1. The average Bonchev–Trinajstić information content (AvgIpc) is 2.47. The van der Waals surface area contributed by atoms with Crippen molar-refractivity contribution in [2.75, 3.05) is 38.5 Å². The van der Waals surface area contributed by atoms with E-state index in [4.69, 9.17) is 0 Å². The third-order valence-electron chi connectivity index (χ3n) is 3.49. The molecule has 25 heavy (non-hydrogen) atoms. The molecule has 0 saturated heterocycles. The number of carbonyl (C=O) groups is 2. The van der Waals surface area contributed by atoms with Crippen LogP contribution in [0.4, 0.5) is 5.69 Å². The Morgan fingerprint density at radius 2 is 1.60 bits per heavy atom. The number of halogens is 1. The van der Waals surface area contributed by atoms with Crippen LogP contribution in [0, 0.1) is 11.8 Å². The summed E-state index contributed by atoms with van der Waals surface area (Å²) < 4.78 is 0.835. The van der Waals surface area contributed by atoms with Crippen molar-refractivity contribution in [1.82, 2.24) is 9.80 Å². The minimum atomic E-state index is -0.138. The Kier molecular flexibility index (Phi) is 9.14. The zero-order chi connectivity index (χ0) is 19.0. The molecule has 0 bridgehead atoms. The summed E-state index contributed by atoms with van der Waals surface area (Å²) in [6.45, 7) is 10.3. The summed E-state index contributed by atoms with van der Waals surface area (Å²) in [5.41, 5.74) is 0.730. The van der Waals surface area contributed by atoms with E-state index in [0.717, 1.165) is 23.2 Å². The maximum atomic E-state index is 12.6. The Morgan fingerprint density at radius 3 is 2.12 bits per heavy atom. The molecule has 0 aliphatic carbocycles. The van der Waals surface area contributed by atoms with E-state index in [2.05, 4.69) is 48.9 Å². The first-order chi connectivity index (χ1) is 11.7. The van der Waals surface area contributed by atoms with Gasteiger partial charge in [-0.15, -0.1) is 0 Å². The lowest BCUT2D eigenvalue weighted by Crippen LogP contribution is -2.44. The first-order valence-electron chi connectivity index (χ1n) is 8.69. The van der Waals surface area contributed by atoms with Gasteiger partial charge in [-0.05, 0) is 46.9 Å². The number of para-hydroxylation sites is 1. The molecule has 1 rings (SSSR count). The van der Waals surface area contributed by atoms with E-state index in [1.807, 2.05) is 29.2 Å². The van der Waals surface area contributed by atoms with Crippen LogP contribution in [0.25, 0.3) is 0 Å². The molecule has 1 N–H and O–H groups in total. The average molecular weight is 412 g/mol. The SMILES string of the molecule is CC(C)CN(CC(C)C)C(=O)CN(C)CC(=O)Nc1ccccc1Br. The van der Waals surface area contributed by atoms with Crippen molar-refractivity contribution in [1.29, 1.82) is 0 Å². The lowest BCUT2D eigenvalue weighted by atomic mass is 10.1. The zero-order valence-electron chi connectivity index (χ0n) is 15.9. The largest absolute Gasteiger partial charge is 0.341 e. The van der Waals surface area contributed by atoms with Gasteiger partial charge in [0.05, 0.1) is 18.8 Å². The molecule has 0 saturated carbocycles. The van der Waals surface area contributed by atoms with Gasteiger partial charge in [0.15, 0.2) is 0 Å². The van der Waals surface area contributed by atoms with Gasteiger partial charge < -0.3 is 10.2 Å². The fourth-order valence-corrected chi connectivity index (χ4v) is 2.93. The van der Waals surface area contributed by atoms with E-state index in [1.165, 1.54) is 0 Å². The van der Waals surface area contributed by atoms with Crippen molar-refractivity contribution in [2.45, 2.75) is 27.7 Å². The van der Waals surface area contributed by atoms with Gasteiger partial charge in [0.25, 0.3) is 0 Å². The van der Waals surface area contributed by atoms with Crippen molar-refractivity contribution >= 4 is 33.4 Å². The van der Waals surface area contributed by atoms with Gasteiger partial charge in [-0.25, -0.2) is 0 Å². The second-order valence-electron chi connectivity index (χ2n) is 7.29. The Bertz CT molecular complexity index is 566. The van der Waals surface area contributed by atoms with E-state index in [9.17, 15) is 9.59 Å². The Labute approximate surface area is 159 Å². The summed E-state index contributed by atoms with van der Waals surface area (Å²) in [5.74, 6) is 0.776. The van der Waals surface area contributed by atoms with Crippen molar-refractivity contribution in [2.24, 2.45) is 11.8 Å². The lowest BCUT2D eigenvalue weighted by molar-refractivity contribution is -0.133. The van der Waals surface area contributed by atoms with Gasteiger partial charge in [-0.1, -0.05) is 39.8 Å². The summed E-state index contributed by atoms with van der Waals surface area (Å²) in [6, 6.07) is 7.46. The third-order valence-corrected chi connectivity index (χ3v) is 4.18. The standard InChI is InChI=1S/C19H30BrN3O2/c1-14(2)10-23(11-15(3)4)19(25)13-22(5)12-18(24)21-17-9-7-6-8-16(17)20/h6-9,14-15H,10-13H2,1-5H3,(H,21,24). The molecule has 0 aromatic heterocycles. The molecule has 0 heterocycles. The summed E-state index contributed by atoms with van der Waals surface area (Å²) in [4.78, 5) is 28.4. The predicted octanol–water partition coefficient (Wildman–Crippen LogP) is 3.46. The molecule has 5 nitrogen and oxygen atoms in total. The van der Waals surface area contributed by atoms with Crippen LogP contribution < -0.4 is 5.32 Å². The molecule has 0 aliphatic rings. The molecule has 6 heteroatoms. The number of benzene rings is 1. The molecule has 2 amide bonds. The molecular formula is C19H30BrN3O2. The quantitative estimate of drug-likeness (QED) is 0.676. The second-order valence-corrected chi connectivity index (χ2v) is 8.14. The summed E-state index contributed by atoms with van der Waals surface area (Å²) >= 11 is 3.41. The van der Waals surface area contributed by atoms with Crippen LogP contribution >= 0.6 is 15.9 Å². The van der Waals surface area contributed by atoms with Crippen molar-refractivity contribution in [3.05, 3.63) is 28.7 Å². The maximum absolute atomic E-state index is 12.6. The van der Waals surface area contributed by atoms with E-state index >= 15 is 0 Å². The number of rotatable bonds is 9. The zero-order valence-corrected chi connectivity index (χ0v) is 17.5. The highest BCUT2D eigenvalue weighted by atomic mass is 79.9. The van der Waals surface area contributed by atoms with E-state index in [0.29, 0.717) is 11.8 Å². The highest BCUT2D eigenvalue weighted by molar-refractivity contribution is 9.10. The first kappa shape index (κ1) is 21.6. The van der Waals surface area contributed by atoms with Crippen LogP contribution in [0.1, 0.15) is 27.7 Å². The minimum absolute atomic E-state index is 0.0681. The minimum Gasteiger partial charge on any atom is -0.341 e. The molecule has 0 radical (unpaired) electrons. The van der Waals surface area contributed by atoms with Crippen LogP contribution in [-0.4, -0.2) is 54.8 Å². The van der Waals surface area contributed by atoms with Crippen LogP contribution in [0.3, 0.4) is 0 Å². The molecule has 0 fully saturated rings.